The molecule has 2 atom stereocenters. The van der Waals surface area contributed by atoms with Crippen molar-refractivity contribution in [1.82, 2.24) is 0 Å². The fourth-order valence-corrected chi connectivity index (χ4v) is 1.30. The van der Waals surface area contributed by atoms with Gasteiger partial charge in [0.15, 0.2) is 0 Å². The van der Waals surface area contributed by atoms with Crippen LogP contribution in [-0.4, -0.2) is 11.2 Å². The van der Waals surface area contributed by atoms with Crippen LogP contribution in [0, 0.1) is 11.6 Å². The predicted octanol–water partition coefficient (Wildman–Crippen LogP) is 2.42. The van der Waals surface area contributed by atoms with Gasteiger partial charge in [0.1, 0.15) is 11.6 Å². The van der Waals surface area contributed by atoms with E-state index in [1.165, 1.54) is 6.92 Å². The Morgan fingerprint density at radius 1 is 1.33 bits per heavy atom. The predicted molar refractivity (Wildman–Crippen MR) is 57.2 cm³/mol. The zero-order valence-corrected chi connectivity index (χ0v) is 9.45. The second-order valence-electron chi connectivity index (χ2n) is 3.05. The highest BCUT2D eigenvalue weighted by Crippen LogP contribution is 2.24. The average Bonchev–Trinajstić information content (AvgIpc) is 2.01. The standard InChI is InChI=1S/C9H10ClF2NO.ClH/c1-4(14)9(13)8-6(11)2-5(10)3-7(8)12;/h2-4,9,14H,13H2,1H3;1H/t4-,9-;/m1./s1. The third kappa shape index (κ3) is 3.28. The second-order valence-corrected chi connectivity index (χ2v) is 3.49. The Labute approximate surface area is 97.4 Å². The molecule has 0 aliphatic rings. The maximum absolute atomic E-state index is 13.2. The second kappa shape index (κ2) is 5.61. The van der Waals surface area contributed by atoms with E-state index in [9.17, 15) is 8.78 Å². The zero-order valence-electron chi connectivity index (χ0n) is 7.88. The zero-order chi connectivity index (χ0) is 10.9. The van der Waals surface area contributed by atoms with Gasteiger partial charge >= 0.3 is 0 Å². The summed E-state index contributed by atoms with van der Waals surface area (Å²) in [6, 6.07) is 0.831. The van der Waals surface area contributed by atoms with Crippen molar-refractivity contribution in [3.05, 3.63) is 34.4 Å². The van der Waals surface area contributed by atoms with Crippen molar-refractivity contribution in [2.24, 2.45) is 5.73 Å². The first-order valence-corrected chi connectivity index (χ1v) is 4.39. The lowest BCUT2D eigenvalue weighted by Gasteiger charge is -2.16. The summed E-state index contributed by atoms with van der Waals surface area (Å²) >= 11 is 5.42. The molecule has 0 saturated carbocycles. The molecule has 1 aromatic rings. The summed E-state index contributed by atoms with van der Waals surface area (Å²) in [4.78, 5) is 0. The van der Waals surface area contributed by atoms with Gasteiger partial charge in [-0.3, -0.25) is 0 Å². The van der Waals surface area contributed by atoms with Crippen molar-refractivity contribution < 1.29 is 13.9 Å². The van der Waals surface area contributed by atoms with Gasteiger partial charge in [-0.15, -0.1) is 12.4 Å². The molecule has 0 fully saturated rings. The van der Waals surface area contributed by atoms with Crippen LogP contribution in [0.2, 0.25) is 5.02 Å². The largest absolute Gasteiger partial charge is 0.391 e. The first kappa shape index (κ1) is 14.6. The molecule has 0 heterocycles. The molecule has 0 aliphatic heterocycles. The molecule has 0 bridgehead atoms. The van der Waals surface area contributed by atoms with Crippen LogP contribution in [0.4, 0.5) is 8.78 Å². The van der Waals surface area contributed by atoms with E-state index in [1.807, 2.05) is 0 Å². The summed E-state index contributed by atoms with van der Waals surface area (Å²) in [6.07, 6.45) is -1.03. The fraction of sp³-hybridized carbons (Fsp3) is 0.333. The fourth-order valence-electron chi connectivity index (χ4n) is 1.11. The quantitative estimate of drug-likeness (QED) is 0.855. The number of rotatable bonds is 2. The highest BCUT2D eigenvalue weighted by molar-refractivity contribution is 6.30. The number of aliphatic hydroxyl groups excluding tert-OH is 1. The molecule has 0 radical (unpaired) electrons. The van der Waals surface area contributed by atoms with Gasteiger partial charge < -0.3 is 10.8 Å². The van der Waals surface area contributed by atoms with Crippen molar-refractivity contribution in [3.63, 3.8) is 0 Å². The van der Waals surface area contributed by atoms with Crippen LogP contribution in [0.3, 0.4) is 0 Å². The lowest BCUT2D eigenvalue weighted by molar-refractivity contribution is 0.160. The summed E-state index contributed by atoms with van der Waals surface area (Å²) in [5.74, 6) is -1.69. The first-order valence-electron chi connectivity index (χ1n) is 4.01. The summed E-state index contributed by atoms with van der Waals surface area (Å²) in [7, 11) is 0. The molecule has 0 amide bonds. The van der Waals surface area contributed by atoms with Crippen LogP contribution in [-0.2, 0) is 0 Å². The Bertz CT molecular complexity index is 324. The molecule has 2 nitrogen and oxygen atoms in total. The van der Waals surface area contributed by atoms with Gasteiger partial charge in [-0.05, 0) is 19.1 Å². The van der Waals surface area contributed by atoms with Gasteiger partial charge in [-0.25, -0.2) is 8.78 Å². The van der Waals surface area contributed by atoms with Gasteiger partial charge in [-0.2, -0.15) is 0 Å². The van der Waals surface area contributed by atoms with Crippen molar-refractivity contribution in [1.29, 1.82) is 0 Å². The molecule has 0 aromatic heterocycles. The van der Waals surface area contributed by atoms with E-state index < -0.39 is 23.8 Å². The summed E-state index contributed by atoms with van der Waals surface area (Å²) in [5.41, 5.74) is 5.07. The Morgan fingerprint density at radius 3 is 2.07 bits per heavy atom. The maximum atomic E-state index is 13.2. The molecular formula is C9H11Cl2F2NO. The topological polar surface area (TPSA) is 46.2 Å². The Hall–Kier alpha value is -0.420. The molecule has 0 spiro atoms. The molecule has 0 unspecified atom stereocenters. The van der Waals surface area contributed by atoms with E-state index in [1.54, 1.807) is 0 Å². The maximum Gasteiger partial charge on any atom is 0.132 e. The molecule has 1 aromatic carbocycles. The smallest absolute Gasteiger partial charge is 0.132 e. The molecule has 86 valence electrons. The number of halogens is 4. The highest BCUT2D eigenvalue weighted by atomic mass is 35.5. The Morgan fingerprint density at radius 2 is 1.73 bits per heavy atom. The lowest BCUT2D eigenvalue weighted by atomic mass is 10.0. The van der Waals surface area contributed by atoms with Gasteiger partial charge in [-0.1, -0.05) is 11.6 Å². The van der Waals surface area contributed by atoms with Gasteiger partial charge in [0.2, 0.25) is 0 Å². The minimum Gasteiger partial charge on any atom is -0.391 e. The number of benzene rings is 1. The molecular weight excluding hydrogens is 247 g/mol. The number of hydrogen-bond acceptors (Lipinski definition) is 2. The number of aliphatic hydroxyl groups is 1. The Kier molecular flexibility index (Phi) is 5.45. The summed E-state index contributed by atoms with van der Waals surface area (Å²) in [6.45, 7) is 1.36. The molecule has 6 heteroatoms. The molecule has 3 N–H and O–H groups in total. The minimum absolute atomic E-state index is 0. The normalized spacial score (nSPS) is 14.3. The number of nitrogens with two attached hydrogens (primary N) is 1. The van der Waals surface area contributed by atoms with E-state index in [0.717, 1.165) is 12.1 Å². The molecule has 1 rings (SSSR count). The van der Waals surface area contributed by atoms with Crippen LogP contribution >= 0.6 is 24.0 Å². The van der Waals surface area contributed by atoms with Crippen LogP contribution in [0.5, 0.6) is 0 Å². The van der Waals surface area contributed by atoms with E-state index in [4.69, 9.17) is 22.4 Å². The minimum atomic E-state index is -1.09. The van der Waals surface area contributed by atoms with Gasteiger partial charge in [0, 0.05) is 10.6 Å². The van der Waals surface area contributed by atoms with Gasteiger partial charge in [0.05, 0.1) is 12.1 Å². The SMILES string of the molecule is C[C@@H](O)[C@@H](N)c1c(F)cc(Cl)cc1F.Cl. The third-order valence-electron chi connectivity index (χ3n) is 1.90. The van der Waals surface area contributed by atoms with E-state index in [2.05, 4.69) is 0 Å². The van der Waals surface area contributed by atoms with E-state index >= 15 is 0 Å². The molecule has 0 aliphatic carbocycles. The first-order chi connectivity index (χ1) is 6.43. The Balaban J connectivity index is 0.00000196. The van der Waals surface area contributed by atoms with Crippen LogP contribution in [0.15, 0.2) is 12.1 Å². The van der Waals surface area contributed by atoms with Crippen LogP contribution in [0.25, 0.3) is 0 Å². The van der Waals surface area contributed by atoms with E-state index in [0.29, 0.717) is 0 Å². The van der Waals surface area contributed by atoms with Crippen molar-refractivity contribution in [2.45, 2.75) is 19.1 Å². The monoisotopic (exact) mass is 257 g/mol. The van der Waals surface area contributed by atoms with Gasteiger partial charge in [0.25, 0.3) is 0 Å². The summed E-state index contributed by atoms with van der Waals surface area (Å²) < 4.78 is 26.4. The van der Waals surface area contributed by atoms with E-state index in [-0.39, 0.29) is 23.0 Å². The molecule has 0 saturated heterocycles. The lowest BCUT2D eigenvalue weighted by Crippen LogP contribution is -2.25. The van der Waals surface area contributed by atoms with Crippen molar-refractivity contribution >= 4 is 24.0 Å². The van der Waals surface area contributed by atoms with Crippen molar-refractivity contribution in [3.8, 4) is 0 Å². The van der Waals surface area contributed by atoms with Crippen molar-refractivity contribution in [2.75, 3.05) is 0 Å². The number of hydrogen-bond donors (Lipinski definition) is 2. The third-order valence-corrected chi connectivity index (χ3v) is 2.12. The van der Waals surface area contributed by atoms with Crippen LogP contribution < -0.4 is 5.73 Å². The summed E-state index contributed by atoms with van der Waals surface area (Å²) in [5, 5.41) is 9.06. The average molecular weight is 258 g/mol. The molecule has 15 heavy (non-hydrogen) atoms. The highest BCUT2D eigenvalue weighted by Gasteiger charge is 2.21. The van der Waals surface area contributed by atoms with Crippen LogP contribution in [0.1, 0.15) is 18.5 Å².